The molecule has 1 fully saturated rings. The summed E-state index contributed by atoms with van der Waals surface area (Å²) in [6.45, 7) is 2.60. The van der Waals surface area contributed by atoms with Gasteiger partial charge in [0.15, 0.2) is 16.6 Å². The highest BCUT2D eigenvalue weighted by molar-refractivity contribution is 7.80. The van der Waals surface area contributed by atoms with Crippen molar-refractivity contribution in [1.29, 1.82) is 0 Å². The molecule has 1 saturated heterocycles. The fourth-order valence-corrected chi connectivity index (χ4v) is 4.10. The van der Waals surface area contributed by atoms with Gasteiger partial charge in [0, 0.05) is 13.0 Å². The lowest BCUT2D eigenvalue weighted by molar-refractivity contribution is -0.119. The molecule has 2 aromatic rings. The number of carbonyl (C=O) groups excluding carboxylic acids is 1. The number of fused-ring (bicyclic) bond motifs is 2. The van der Waals surface area contributed by atoms with Crippen LogP contribution in [-0.2, 0) is 17.8 Å². The number of benzene rings is 2. The zero-order valence-corrected chi connectivity index (χ0v) is 15.8. The summed E-state index contributed by atoms with van der Waals surface area (Å²) >= 11 is 5.65. The van der Waals surface area contributed by atoms with Crippen LogP contribution in [0.15, 0.2) is 36.4 Å². The Labute approximate surface area is 158 Å². The van der Waals surface area contributed by atoms with Gasteiger partial charge in [0.25, 0.3) is 5.91 Å². The van der Waals surface area contributed by atoms with Crippen LogP contribution in [-0.4, -0.2) is 36.2 Å². The molecule has 26 heavy (non-hydrogen) atoms. The molecule has 0 spiro atoms. The summed E-state index contributed by atoms with van der Waals surface area (Å²) in [7, 11) is 3.24. The lowest BCUT2D eigenvalue weighted by Gasteiger charge is -2.31. The summed E-state index contributed by atoms with van der Waals surface area (Å²) in [6, 6.07) is 11.5. The third kappa shape index (κ3) is 2.52. The number of ether oxygens (including phenoxy) is 2. The molecule has 0 radical (unpaired) electrons. The van der Waals surface area contributed by atoms with Crippen LogP contribution in [0.3, 0.4) is 0 Å². The van der Waals surface area contributed by atoms with Gasteiger partial charge in [0.1, 0.15) is 6.04 Å². The Bertz CT molecular complexity index is 861. The van der Waals surface area contributed by atoms with Gasteiger partial charge in [-0.1, -0.05) is 12.1 Å². The highest BCUT2D eigenvalue weighted by Gasteiger charge is 2.45. The Morgan fingerprint density at radius 3 is 2.42 bits per heavy atom. The smallest absolute Gasteiger partial charge is 0.256 e. The zero-order valence-electron chi connectivity index (χ0n) is 15.0. The Hall–Kier alpha value is -2.60. The van der Waals surface area contributed by atoms with Crippen molar-refractivity contribution in [3.05, 3.63) is 53.1 Å². The molecule has 1 amide bonds. The first-order chi connectivity index (χ1) is 12.5. The summed E-state index contributed by atoms with van der Waals surface area (Å²) in [5.41, 5.74) is 4.14. The number of hydrogen-bond donors (Lipinski definition) is 0. The van der Waals surface area contributed by atoms with Gasteiger partial charge in [0.2, 0.25) is 0 Å². The van der Waals surface area contributed by atoms with Crippen molar-refractivity contribution in [2.24, 2.45) is 0 Å². The van der Waals surface area contributed by atoms with E-state index in [2.05, 4.69) is 0 Å². The lowest BCUT2D eigenvalue weighted by Crippen LogP contribution is -2.40. The molecular weight excluding hydrogens is 348 g/mol. The summed E-state index contributed by atoms with van der Waals surface area (Å²) in [5.74, 6) is 1.40. The Morgan fingerprint density at radius 1 is 1.08 bits per heavy atom. The molecule has 2 aliphatic rings. The summed E-state index contributed by atoms with van der Waals surface area (Å²) < 4.78 is 10.8. The highest BCUT2D eigenvalue weighted by atomic mass is 32.1. The highest BCUT2D eigenvalue weighted by Crippen LogP contribution is 2.38. The van der Waals surface area contributed by atoms with Crippen molar-refractivity contribution in [2.75, 3.05) is 19.1 Å². The van der Waals surface area contributed by atoms with Gasteiger partial charge in [-0.2, -0.15) is 0 Å². The molecule has 2 aliphatic heterocycles. The van der Waals surface area contributed by atoms with Crippen LogP contribution < -0.4 is 14.4 Å². The predicted molar refractivity (Wildman–Crippen MR) is 104 cm³/mol. The van der Waals surface area contributed by atoms with Crippen molar-refractivity contribution >= 4 is 28.9 Å². The Morgan fingerprint density at radius 2 is 1.77 bits per heavy atom. The molecule has 0 N–H and O–H groups in total. The van der Waals surface area contributed by atoms with Gasteiger partial charge in [-0.15, -0.1) is 0 Å². The maximum atomic E-state index is 13.1. The van der Waals surface area contributed by atoms with Gasteiger partial charge < -0.3 is 14.4 Å². The van der Waals surface area contributed by atoms with Gasteiger partial charge >= 0.3 is 0 Å². The van der Waals surface area contributed by atoms with Crippen LogP contribution in [0.2, 0.25) is 0 Å². The Kier molecular flexibility index (Phi) is 4.07. The summed E-state index contributed by atoms with van der Waals surface area (Å²) in [6.07, 6.45) is 0.608. The van der Waals surface area contributed by atoms with Crippen LogP contribution >= 0.6 is 12.2 Å². The molecule has 0 aromatic heterocycles. The molecule has 0 aliphatic carbocycles. The van der Waals surface area contributed by atoms with E-state index in [0.29, 0.717) is 29.6 Å². The van der Waals surface area contributed by atoms with Crippen molar-refractivity contribution in [3.8, 4) is 11.5 Å². The molecule has 4 rings (SSSR count). The van der Waals surface area contributed by atoms with Gasteiger partial charge in [-0.3, -0.25) is 9.69 Å². The summed E-state index contributed by atoms with van der Waals surface area (Å²) in [4.78, 5) is 16.8. The van der Waals surface area contributed by atoms with E-state index in [-0.39, 0.29) is 11.9 Å². The van der Waals surface area contributed by atoms with Crippen LogP contribution in [0.4, 0.5) is 5.69 Å². The van der Waals surface area contributed by atoms with Crippen LogP contribution in [0.25, 0.3) is 0 Å². The molecule has 0 bridgehead atoms. The second-order valence-corrected chi connectivity index (χ2v) is 6.98. The minimum atomic E-state index is -0.270. The van der Waals surface area contributed by atoms with Gasteiger partial charge in [-0.05, 0) is 60.1 Å². The SMILES string of the molecule is COc1cc2c(cc1OC)CN1C(=S)N(c3cccc(C)c3)C(=O)[C@H]1C2. The standard InChI is InChI=1S/C20H20N2O3S/c1-12-5-4-6-15(7-12)22-19(23)16-8-13-9-17(24-2)18(25-3)10-14(13)11-21(16)20(22)26/h4-7,9-10,16H,8,11H2,1-3H3/t16-/m1/s1. The molecule has 0 saturated carbocycles. The Balaban J connectivity index is 1.71. The molecule has 5 nitrogen and oxygen atoms in total. The van der Waals surface area contributed by atoms with E-state index in [9.17, 15) is 4.79 Å². The topological polar surface area (TPSA) is 42.0 Å². The van der Waals surface area contributed by atoms with Crippen LogP contribution in [0.5, 0.6) is 11.5 Å². The lowest BCUT2D eigenvalue weighted by atomic mass is 9.94. The van der Waals surface area contributed by atoms with E-state index in [1.54, 1.807) is 19.1 Å². The van der Waals surface area contributed by atoms with E-state index in [4.69, 9.17) is 21.7 Å². The van der Waals surface area contributed by atoms with Crippen molar-refractivity contribution in [1.82, 2.24) is 4.90 Å². The first-order valence-corrected chi connectivity index (χ1v) is 8.89. The number of methoxy groups -OCH3 is 2. The van der Waals surface area contributed by atoms with Crippen molar-refractivity contribution in [2.45, 2.75) is 25.9 Å². The number of rotatable bonds is 3. The average molecular weight is 368 g/mol. The molecule has 134 valence electrons. The molecule has 6 heteroatoms. The van der Waals surface area contributed by atoms with E-state index in [1.165, 1.54) is 0 Å². The normalized spacial score (nSPS) is 18.7. The number of aryl methyl sites for hydroxylation is 1. The minimum absolute atomic E-state index is 0.0287. The minimum Gasteiger partial charge on any atom is -0.493 e. The zero-order chi connectivity index (χ0) is 18.4. The van der Waals surface area contributed by atoms with E-state index >= 15 is 0 Å². The molecule has 0 unspecified atom stereocenters. The number of nitrogens with zero attached hydrogens (tertiary/aromatic N) is 2. The van der Waals surface area contributed by atoms with Crippen LogP contribution in [0.1, 0.15) is 16.7 Å². The van der Waals surface area contributed by atoms with Crippen LogP contribution in [0, 0.1) is 6.92 Å². The second kappa shape index (κ2) is 6.29. The first kappa shape index (κ1) is 16.8. The van der Waals surface area contributed by atoms with Gasteiger partial charge in [-0.25, -0.2) is 0 Å². The number of amides is 1. The first-order valence-electron chi connectivity index (χ1n) is 8.48. The third-order valence-corrected chi connectivity index (χ3v) is 5.46. The molecule has 2 heterocycles. The fraction of sp³-hybridized carbons (Fsp3) is 0.300. The monoisotopic (exact) mass is 368 g/mol. The van der Waals surface area contributed by atoms with Gasteiger partial charge in [0.05, 0.1) is 19.9 Å². The van der Waals surface area contributed by atoms with E-state index in [0.717, 1.165) is 22.4 Å². The molecule has 2 aromatic carbocycles. The number of thiocarbonyl (C=S) groups is 1. The number of hydrogen-bond acceptors (Lipinski definition) is 4. The molecule has 1 atom stereocenters. The molecular formula is C20H20N2O3S. The van der Waals surface area contributed by atoms with Crippen molar-refractivity contribution in [3.63, 3.8) is 0 Å². The number of carbonyl (C=O) groups is 1. The number of anilines is 1. The fourth-order valence-electron chi connectivity index (χ4n) is 3.71. The largest absolute Gasteiger partial charge is 0.493 e. The van der Waals surface area contributed by atoms with E-state index < -0.39 is 0 Å². The quantitative estimate of drug-likeness (QED) is 0.779. The summed E-state index contributed by atoms with van der Waals surface area (Å²) in [5, 5.41) is 0.561. The third-order valence-electron chi connectivity index (χ3n) is 5.04. The average Bonchev–Trinajstić information content (AvgIpc) is 2.88. The van der Waals surface area contributed by atoms with Crippen molar-refractivity contribution < 1.29 is 14.3 Å². The second-order valence-electron chi connectivity index (χ2n) is 6.62. The van der Waals surface area contributed by atoms with E-state index in [1.807, 2.05) is 48.2 Å². The maximum Gasteiger partial charge on any atom is 0.256 e. The maximum absolute atomic E-state index is 13.1. The predicted octanol–water partition coefficient (Wildman–Crippen LogP) is 3.07.